The third-order valence-electron chi connectivity index (χ3n) is 4.24. The number of tetrazole rings is 1. The Morgan fingerprint density at radius 3 is 2.72 bits per heavy atom. The number of nitrogens with zero attached hydrogens (tertiary/aromatic N) is 4. The lowest BCUT2D eigenvalue weighted by atomic mass is 10.1. The topological polar surface area (TPSA) is 74.1 Å². The van der Waals surface area contributed by atoms with Gasteiger partial charge in [-0.15, -0.1) is 5.10 Å². The van der Waals surface area contributed by atoms with Crippen molar-refractivity contribution in [3.8, 4) is 11.5 Å². The lowest BCUT2D eigenvalue weighted by Crippen LogP contribution is -2.16. The van der Waals surface area contributed by atoms with Crippen LogP contribution >= 0.6 is 11.8 Å². The van der Waals surface area contributed by atoms with Crippen LogP contribution in [-0.4, -0.2) is 39.6 Å². The molecule has 0 radical (unpaired) electrons. The minimum Gasteiger partial charge on any atom is -0.493 e. The number of thioether (sulfide) groups is 1. The van der Waals surface area contributed by atoms with E-state index in [1.54, 1.807) is 41.8 Å². The number of nitrogens with one attached hydrogen (secondary N) is 1. The van der Waals surface area contributed by atoms with E-state index >= 15 is 0 Å². The summed E-state index contributed by atoms with van der Waals surface area (Å²) in [5, 5.41) is 15.6. The Bertz CT molecular complexity index is 921. The van der Waals surface area contributed by atoms with Gasteiger partial charge in [0.25, 0.3) is 0 Å². The predicted molar refractivity (Wildman–Crippen MR) is 110 cm³/mol. The molecule has 3 rings (SSSR count). The van der Waals surface area contributed by atoms with E-state index in [0.29, 0.717) is 23.6 Å². The van der Waals surface area contributed by atoms with E-state index < -0.39 is 0 Å². The lowest BCUT2D eigenvalue weighted by molar-refractivity contribution is 0.276. The van der Waals surface area contributed by atoms with Crippen molar-refractivity contribution in [2.24, 2.45) is 7.05 Å². The number of aryl methyl sites for hydroxylation is 1. The summed E-state index contributed by atoms with van der Waals surface area (Å²) in [4.78, 5) is 0. The van der Waals surface area contributed by atoms with E-state index in [-0.39, 0.29) is 12.4 Å². The number of aromatic nitrogens is 4. The van der Waals surface area contributed by atoms with Crippen LogP contribution in [0.4, 0.5) is 4.39 Å². The molecule has 154 valence electrons. The van der Waals surface area contributed by atoms with Crippen LogP contribution in [0, 0.1) is 5.82 Å². The third-order valence-corrected chi connectivity index (χ3v) is 5.33. The van der Waals surface area contributed by atoms with Gasteiger partial charge in [-0.05, 0) is 35.5 Å². The van der Waals surface area contributed by atoms with Crippen molar-refractivity contribution in [1.82, 2.24) is 25.5 Å². The van der Waals surface area contributed by atoms with Crippen molar-refractivity contribution in [3.63, 3.8) is 0 Å². The molecule has 3 aromatic rings. The largest absolute Gasteiger partial charge is 0.493 e. The third kappa shape index (κ3) is 5.91. The van der Waals surface area contributed by atoms with Crippen LogP contribution < -0.4 is 14.8 Å². The number of benzene rings is 2. The molecular weight excluding hydrogens is 393 g/mol. The molecule has 0 aliphatic carbocycles. The Kier molecular flexibility index (Phi) is 7.83. The summed E-state index contributed by atoms with van der Waals surface area (Å²) in [5.41, 5.74) is 1.47. The van der Waals surface area contributed by atoms with Gasteiger partial charge >= 0.3 is 0 Å². The fourth-order valence-corrected chi connectivity index (χ4v) is 3.51. The van der Waals surface area contributed by atoms with Gasteiger partial charge in [-0.3, -0.25) is 0 Å². The number of hydrogen-bond donors (Lipinski definition) is 1. The SMILES string of the molecule is COc1cccc(CNCCCSc2nnnn2C)c1OCc1ccccc1F. The van der Waals surface area contributed by atoms with Crippen LogP contribution in [0.3, 0.4) is 0 Å². The fourth-order valence-electron chi connectivity index (χ4n) is 2.72. The summed E-state index contributed by atoms with van der Waals surface area (Å²) >= 11 is 1.62. The summed E-state index contributed by atoms with van der Waals surface area (Å²) in [5.74, 6) is 1.89. The molecular formula is C20H24FN5O2S. The lowest BCUT2D eigenvalue weighted by Gasteiger charge is -2.16. The maximum atomic E-state index is 13.9. The summed E-state index contributed by atoms with van der Waals surface area (Å²) in [6.07, 6.45) is 0.965. The van der Waals surface area contributed by atoms with Crippen molar-refractivity contribution in [2.45, 2.75) is 24.7 Å². The van der Waals surface area contributed by atoms with Crippen molar-refractivity contribution < 1.29 is 13.9 Å². The zero-order chi connectivity index (χ0) is 20.5. The fraction of sp³-hybridized carbons (Fsp3) is 0.350. The molecule has 0 amide bonds. The highest BCUT2D eigenvalue weighted by Crippen LogP contribution is 2.32. The number of hydrogen-bond acceptors (Lipinski definition) is 7. The highest BCUT2D eigenvalue weighted by molar-refractivity contribution is 7.99. The van der Waals surface area contributed by atoms with E-state index in [2.05, 4.69) is 20.8 Å². The molecule has 0 saturated carbocycles. The molecule has 1 aromatic heterocycles. The smallest absolute Gasteiger partial charge is 0.209 e. The minimum absolute atomic E-state index is 0.141. The number of para-hydroxylation sites is 1. The van der Waals surface area contributed by atoms with Crippen molar-refractivity contribution in [2.75, 3.05) is 19.4 Å². The molecule has 0 fully saturated rings. The van der Waals surface area contributed by atoms with E-state index in [0.717, 1.165) is 29.4 Å². The molecule has 0 aliphatic rings. The summed E-state index contributed by atoms with van der Waals surface area (Å²) in [7, 11) is 3.42. The van der Waals surface area contributed by atoms with E-state index in [9.17, 15) is 4.39 Å². The molecule has 29 heavy (non-hydrogen) atoms. The highest BCUT2D eigenvalue weighted by Gasteiger charge is 2.12. The molecule has 1 N–H and O–H groups in total. The predicted octanol–water partition coefficient (Wildman–Crippen LogP) is 3.21. The Labute approximate surface area is 173 Å². The van der Waals surface area contributed by atoms with Crippen LogP contribution in [0.5, 0.6) is 11.5 Å². The quantitative estimate of drug-likeness (QED) is 0.379. The monoisotopic (exact) mass is 417 g/mol. The first-order valence-electron chi connectivity index (χ1n) is 9.27. The summed E-state index contributed by atoms with van der Waals surface area (Å²) < 4.78 is 26.9. The van der Waals surface area contributed by atoms with Crippen LogP contribution in [0.25, 0.3) is 0 Å². The second kappa shape index (κ2) is 10.8. The molecule has 0 spiro atoms. The maximum Gasteiger partial charge on any atom is 0.209 e. The van der Waals surface area contributed by atoms with Gasteiger partial charge < -0.3 is 14.8 Å². The molecule has 1 heterocycles. The molecule has 0 atom stereocenters. The van der Waals surface area contributed by atoms with Crippen LogP contribution in [0.15, 0.2) is 47.6 Å². The zero-order valence-corrected chi connectivity index (χ0v) is 17.3. The molecule has 2 aromatic carbocycles. The Hall–Kier alpha value is -2.65. The first kappa shape index (κ1) is 21.1. The maximum absolute atomic E-state index is 13.9. The molecule has 7 nitrogen and oxygen atoms in total. The van der Waals surface area contributed by atoms with Gasteiger partial charge in [0.2, 0.25) is 5.16 Å². The average molecular weight is 418 g/mol. The van der Waals surface area contributed by atoms with Crippen molar-refractivity contribution in [3.05, 3.63) is 59.4 Å². The molecule has 0 unspecified atom stereocenters. The summed E-state index contributed by atoms with van der Waals surface area (Å²) in [6.45, 7) is 1.60. The van der Waals surface area contributed by atoms with E-state index in [1.807, 2.05) is 25.2 Å². The Morgan fingerprint density at radius 2 is 1.97 bits per heavy atom. The van der Waals surface area contributed by atoms with Gasteiger partial charge in [0.05, 0.1) is 7.11 Å². The number of rotatable bonds is 11. The van der Waals surface area contributed by atoms with Gasteiger partial charge in [-0.2, -0.15) is 0 Å². The van der Waals surface area contributed by atoms with Gasteiger partial charge in [0.15, 0.2) is 11.5 Å². The molecule has 0 saturated heterocycles. The Morgan fingerprint density at radius 1 is 1.14 bits per heavy atom. The first-order chi connectivity index (χ1) is 14.2. The van der Waals surface area contributed by atoms with E-state index in [1.165, 1.54) is 6.07 Å². The average Bonchev–Trinajstić information content (AvgIpc) is 3.15. The van der Waals surface area contributed by atoms with E-state index in [4.69, 9.17) is 9.47 Å². The zero-order valence-electron chi connectivity index (χ0n) is 16.5. The van der Waals surface area contributed by atoms with Gasteiger partial charge in [-0.25, -0.2) is 9.07 Å². The summed E-state index contributed by atoms with van der Waals surface area (Å²) in [6, 6.07) is 12.3. The van der Waals surface area contributed by atoms with Crippen molar-refractivity contribution in [1.29, 1.82) is 0 Å². The van der Waals surface area contributed by atoms with Crippen LogP contribution in [0.2, 0.25) is 0 Å². The molecule has 0 aliphatic heterocycles. The second-order valence-electron chi connectivity index (χ2n) is 6.29. The van der Waals surface area contributed by atoms with Gasteiger partial charge in [-0.1, -0.05) is 42.1 Å². The normalized spacial score (nSPS) is 10.9. The first-order valence-corrected chi connectivity index (χ1v) is 10.3. The van der Waals surface area contributed by atoms with Crippen molar-refractivity contribution >= 4 is 11.8 Å². The molecule has 9 heteroatoms. The molecule has 0 bridgehead atoms. The van der Waals surface area contributed by atoms with Gasteiger partial charge in [0.1, 0.15) is 12.4 Å². The standard InChI is InChI=1S/C20H24FN5O2S/c1-26-20(23-24-25-26)29-12-6-11-22-13-15-8-5-10-18(27-2)19(15)28-14-16-7-3-4-9-17(16)21/h3-5,7-10,22H,6,11-14H2,1-2H3. The number of ether oxygens (including phenoxy) is 2. The highest BCUT2D eigenvalue weighted by atomic mass is 32.2. The number of halogens is 1. The number of methoxy groups -OCH3 is 1. The minimum atomic E-state index is -0.280. The van der Waals surface area contributed by atoms with Crippen LogP contribution in [-0.2, 0) is 20.2 Å². The van der Waals surface area contributed by atoms with Gasteiger partial charge in [0, 0.05) is 30.5 Å². The Balaban J connectivity index is 1.52. The van der Waals surface area contributed by atoms with Crippen LogP contribution in [0.1, 0.15) is 17.5 Å². The second-order valence-corrected chi connectivity index (χ2v) is 7.35.